The van der Waals surface area contributed by atoms with E-state index in [0.29, 0.717) is 41.0 Å². The highest BCUT2D eigenvalue weighted by molar-refractivity contribution is 7.59. The maximum atomic E-state index is 3.97. The van der Waals surface area contributed by atoms with Gasteiger partial charge in [-0.1, -0.05) is 422 Å². The molecule has 6 fully saturated rings. The molecule has 17 rings (SSSR count). The van der Waals surface area contributed by atoms with Gasteiger partial charge in [-0.2, -0.15) is 27.0 Å². The van der Waals surface area contributed by atoms with Gasteiger partial charge in [-0.3, -0.25) is 4.90 Å². The van der Waals surface area contributed by atoms with Gasteiger partial charge in [0, 0.05) is 127 Å². The molecule has 1 aliphatic heterocycles. The molecule has 11 aromatic rings. The highest BCUT2D eigenvalue weighted by Gasteiger charge is 2.54. The molecule has 143 heavy (non-hydrogen) atoms. The number of benzene rings is 11. The van der Waals surface area contributed by atoms with Crippen LogP contribution in [0.3, 0.4) is 0 Å². The van der Waals surface area contributed by atoms with Crippen LogP contribution in [0.1, 0.15) is 275 Å². The zero-order valence-corrected chi connectivity index (χ0v) is 88.6. The Balaban J connectivity index is 0.000000241. The van der Waals surface area contributed by atoms with Crippen LogP contribution in [0.15, 0.2) is 340 Å². The van der Waals surface area contributed by atoms with Crippen LogP contribution in [0.25, 0.3) is 0 Å². The standard InChI is InChI=1S/C27H38N2.C26H32N2.C26H36N2.C25H36N2.C24H34N2.3CH4.2H2S/c1-27(2)24-14-13-23(26(27)19-24)20-29-18-17-28-16-15-25(21-9-5-3-6-10-21)22-11-7-4-8-12-22;1-22-10-8-9-11-23(22)16-18-27-20-21-28-19-17-26(24-12-4-2-5-13-24)25-14-6-3-7-15-25;1-2-21-28(25-16-10-5-11-17-25)22-20-27-19-18-26(23-12-6-3-7-13-23)24-14-8-4-9-15-24;1-21(22-11-5-2-6-12-22)27-20-19-26-18-17-25(23-13-7-3-8-14-23)24-15-9-4-10-16-24;1-20-17-21(2)19-26(18-20)16-15-25-14-13-24(22-9-5-3-6-10-22)23-11-7-4-8-12-23;;;;;/h3-12,23-26,28-29H,13-20H2,1-2H3;2-15,26-28H,16-21H2,1H3;2-4,6-9,12-15,25-27H,1,5,10-11,16-22H2;3-4,7-10,13-16,21-22,25-27H,2,5-6,11-12,17-20H2,1H3;3-12,20-21,24-25H,13-19H2,1-2H3;3*1H4;2*1H2/t23?,24?,26-;;;21-;;;;;;/m0..1....../s1. The first kappa shape index (κ1) is 121. The van der Waals surface area contributed by atoms with E-state index in [9.17, 15) is 0 Å². The van der Waals surface area contributed by atoms with E-state index in [-0.39, 0.29) is 49.3 Å². The van der Waals surface area contributed by atoms with Crippen molar-refractivity contribution in [3.63, 3.8) is 0 Å². The molecule has 8 N–H and O–H groups in total. The quantitative estimate of drug-likeness (QED) is 0.0139. The Labute approximate surface area is 885 Å². The number of piperidine rings is 1. The van der Waals surface area contributed by atoms with Gasteiger partial charge in [-0.25, -0.2) is 0 Å². The van der Waals surface area contributed by atoms with Gasteiger partial charge < -0.3 is 47.4 Å². The Morgan fingerprint density at radius 2 is 0.657 bits per heavy atom. The number of aryl methyl sites for hydroxylation is 1. The lowest BCUT2D eigenvalue weighted by Crippen LogP contribution is -2.54. The normalized spacial score (nSPS) is 17.2. The average molecular weight is 1970 g/mol. The Morgan fingerprint density at radius 1 is 0.350 bits per heavy atom. The Bertz CT molecular complexity index is 4690. The van der Waals surface area contributed by atoms with Crippen LogP contribution in [0.4, 0.5) is 0 Å². The molecule has 0 amide bonds. The van der Waals surface area contributed by atoms with E-state index in [0.717, 1.165) is 185 Å². The summed E-state index contributed by atoms with van der Waals surface area (Å²) in [4.78, 5) is 5.27. The summed E-state index contributed by atoms with van der Waals surface area (Å²) in [5, 5.41) is 29.3. The van der Waals surface area contributed by atoms with Crippen molar-refractivity contribution < 1.29 is 0 Å². The van der Waals surface area contributed by atoms with Gasteiger partial charge in [0.1, 0.15) is 0 Å². The Kier molecular flexibility index (Phi) is 60.4. The van der Waals surface area contributed by atoms with Crippen molar-refractivity contribution in [2.24, 2.45) is 40.9 Å². The first-order valence-corrected chi connectivity index (χ1v) is 54.2. The summed E-state index contributed by atoms with van der Waals surface area (Å²) in [6, 6.07) is 119. The molecule has 6 aliphatic rings. The Hall–Kier alpha value is -8.54. The van der Waals surface area contributed by atoms with Crippen LogP contribution in [0.5, 0.6) is 0 Å². The fourth-order valence-electron chi connectivity index (χ4n) is 23.1. The summed E-state index contributed by atoms with van der Waals surface area (Å²) < 4.78 is 0. The lowest BCUT2D eigenvalue weighted by molar-refractivity contribution is -0.103. The number of fused-ring (bicyclic) bond motifs is 2. The van der Waals surface area contributed by atoms with E-state index in [1.54, 1.807) is 0 Å². The van der Waals surface area contributed by atoms with Crippen LogP contribution in [-0.4, -0.2) is 153 Å². The first-order valence-electron chi connectivity index (χ1n) is 54.2. The molecule has 11 aromatic carbocycles. The molecule has 5 saturated carbocycles. The zero-order valence-electron chi connectivity index (χ0n) is 86.6. The van der Waals surface area contributed by atoms with Crippen LogP contribution < -0.4 is 42.5 Å². The van der Waals surface area contributed by atoms with Gasteiger partial charge in [0.05, 0.1) is 0 Å². The lowest BCUT2D eigenvalue weighted by Gasteiger charge is -2.60. The second-order valence-corrected chi connectivity index (χ2v) is 41.3. The molecule has 0 aromatic heterocycles. The molecule has 0 radical (unpaired) electrons. The van der Waals surface area contributed by atoms with Crippen LogP contribution in [0, 0.1) is 47.8 Å². The second kappa shape index (κ2) is 71.1. The zero-order chi connectivity index (χ0) is 95.9. The predicted molar refractivity (Wildman–Crippen MR) is 633 cm³/mol. The number of nitrogens with zero attached hydrogens (tertiary/aromatic N) is 2. The second-order valence-electron chi connectivity index (χ2n) is 41.3. The molecule has 12 heteroatoms. The molecular formula is C131H192N10S2. The van der Waals surface area contributed by atoms with Crippen LogP contribution in [0.2, 0.25) is 0 Å². The fraction of sp³-hybridized carbons (Fsp3) is 0.481. The highest BCUT2D eigenvalue weighted by Crippen LogP contribution is 2.61. The molecular weight excluding hydrogens is 1780 g/mol. The minimum absolute atomic E-state index is 0. The van der Waals surface area contributed by atoms with Gasteiger partial charge in [0.2, 0.25) is 0 Å². The molecule has 10 nitrogen and oxygen atoms in total. The molecule has 1 saturated heterocycles. The molecule has 4 unspecified atom stereocenters. The third kappa shape index (κ3) is 42.7. The smallest absolute Gasteiger partial charge is 0.0164 e. The van der Waals surface area contributed by atoms with E-state index < -0.39 is 0 Å². The maximum absolute atomic E-state index is 3.97. The van der Waals surface area contributed by atoms with E-state index in [2.05, 4.69) is 434 Å². The molecule has 5 aliphatic carbocycles. The number of rotatable bonds is 50. The first-order chi connectivity index (χ1) is 67.9. The molecule has 778 valence electrons. The third-order valence-electron chi connectivity index (χ3n) is 31.0. The van der Waals surface area contributed by atoms with Crippen LogP contribution in [-0.2, 0) is 6.42 Å². The molecule has 2 bridgehead atoms. The summed E-state index contributed by atoms with van der Waals surface area (Å²) in [5.41, 5.74) is 17.5. The SMILES string of the molecule is C.C.C.C=CCN(CCNCCC(c1ccccc1)c1ccccc1)C1CCCCC1.CC1(C)C2CCC(CNCCNCCC(c3ccccc3)c3ccccc3)[C@@H]1C2.CC1CC(C)CN(CCNCCC(c2ccccc2)c2ccccc2)C1.C[C@@H](NCCNCCC(c1ccccc1)c1ccccc1)C1CCCCC1.Cc1ccccc1CCNCCNCCC(c1ccccc1)c1ccccc1.S.S. The number of hydrogen-bond acceptors (Lipinski definition) is 10. The third-order valence-corrected chi connectivity index (χ3v) is 31.0. The molecule has 1 heterocycles. The van der Waals surface area contributed by atoms with E-state index >= 15 is 0 Å². The fourth-order valence-corrected chi connectivity index (χ4v) is 23.1. The molecule has 0 spiro atoms. The highest BCUT2D eigenvalue weighted by atomic mass is 32.1. The minimum Gasteiger partial charge on any atom is -0.315 e. The maximum Gasteiger partial charge on any atom is 0.0164 e. The van der Waals surface area contributed by atoms with Gasteiger partial charge in [-0.05, 0) is 257 Å². The minimum atomic E-state index is 0. The number of nitrogens with one attached hydrogen (secondary N) is 8. The topological polar surface area (TPSA) is 103 Å². The van der Waals surface area contributed by atoms with Crippen molar-refractivity contribution in [1.82, 2.24) is 52.3 Å². The van der Waals surface area contributed by atoms with Crippen molar-refractivity contribution in [3.8, 4) is 0 Å². The van der Waals surface area contributed by atoms with Crippen molar-refractivity contribution in [2.75, 3.05) is 131 Å². The van der Waals surface area contributed by atoms with Gasteiger partial charge in [0.25, 0.3) is 0 Å². The van der Waals surface area contributed by atoms with E-state index in [1.807, 2.05) is 0 Å². The largest absolute Gasteiger partial charge is 0.315 e. The number of likely N-dealkylation sites (tertiary alicyclic amines) is 1. The van der Waals surface area contributed by atoms with Gasteiger partial charge in [-0.15, -0.1) is 6.58 Å². The summed E-state index contributed by atoms with van der Waals surface area (Å²) in [6.45, 7) is 40.0. The van der Waals surface area contributed by atoms with Crippen molar-refractivity contribution >= 4 is 27.0 Å². The summed E-state index contributed by atoms with van der Waals surface area (Å²) >= 11 is 0. The monoisotopic (exact) mass is 1970 g/mol. The van der Waals surface area contributed by atoms with E-state index in [1.165, 1.54) is 183 Å². The summed E-state index contributed by atoms with van der Waals surface area (Å²) in [6.07, 6.45) is 28.6. The lowest BCUT2D eigenvalue weighted by atomic mass is 9.45. The average Bonchev–Trinajstić information content (AvgIpc) is 0.734. The van der Waals surface area contributed by atoms with Crippen molar-refractivity contribution in [2.45, 2.75) is 234 Å². The number of hydrogen-bond donors (Lipinski definition) is 8. The van der Waals surface area contributed by atoms with Crippen molar-refractivity contribution in [3.05, 3.63) is 407 Å². The van der Waals surface area contributed by atoms with Gasteiger partial charge >= 0.3 is 0 Å². The predicted octanol–water partition coefficient (Wildman–Crippen LogP) is 28.3. The van der Waals surface area contributed by atoms with Crippen molar-refractivity contribution in [1.29, 1.82) is 0 Å². The summed E-state index contributed by atoms with van der Waals surface area (Å²) in [7, 11) is 0. The molecule has 6 atom stereocenters. The van der Waals surface area contributed by atoms with Crippen LogP contribution >= 0.6 is 27.0 Å². The summed E-state index contributed by atoms with van der Waals surface area (Å²) in [5.74, 6) is 7.75. The van der Waals surface area contributed by atoms with E-state index in [4.69, 9.17) is 0 Å². The Morgan fingerprint density at radius 3 is 0.993 bits per heavy atom. The van der Waals surface area contributed by atoms with Gasteiger partial charge in [0.15, 0.2) is 0 Å².